The Kier molecular flexibility index (Phi) is 7.04. The number of aromatic nitrogens is 2. The molecule has 2 aromatic heterocycles. The highest BCUT2D eigenvalue weighted by Crippen LogP contribution is 2.65. The second-order valence-corrected chi connectivity index (χ2v) is 11.5. The molecule has 2 fully saturated rings. The van der Waals surface area contributed by atoms with Gasteiger partial charge in [0.1, 0.15) is 23.3 Å². The summed E-state index contributed by atoms with van der Waals surface area (Å²) in [7, 11) is 1.45. The molecular formula is C33H32FN3O5. The molecule has 216 valence electrons. The average Bonchev–Trinajstić information content (AvgIpc) is 3.31. The van der Waals surface area contributed by atoms with Gasteiger partial charge in [0.15, 0.2) is 5.76 Å². The lowest BCUT2D eigenvalue weighted by atomic mass is 9.44. The number of hydrogen-bond donors (Lipinski definition) is 1. The number of hydrogen-bond acceptors (Lipinski definition) is 7. The number of carbonyl (C=O) groups excluding carboxylic acids is 2. The summed E-state index contributed by atoms with van der Waals surface area (Å²) in [5, 5.41) is 6.70. The van der Waals surface area contributed by atoms with Crippen molar-refractivity contribution in [3.63, 3.8) is 0 Å². The number of nitrogens with one attached hydrogen (secondary N) is 1. The van der Waals surface area contributed by atoms with Crippen molar-refractivity contribution < 1.29 is 28.0 Å². The summed E-state index contributed by atoms with van der Waals surface area (Å²) in [4.78, 5) is 30.1. The van der Waals surface area contributed by atoms with Crippen LogP contribution < -0.4 is 5.32 Å². The standard InChI is InChI=1S/C33H32FN3O5/c1-20-28(36-31(39)41-21(2)25-7-4-5-8-26(25)34)29(42-37-20)23-11-9-22(10-12-23)27-14-13-24(17-35-27)33(30(38)40-3)18-32(19-33)15-6-16-32/h4-5,7-14,17,21H,6,15-16,18-19H2,1-3H3,(H,36,39). The summed E-state index contributed by atoms with van der Waals surface area (Å²) >= 11 is 0. The van der Waals surface area contributed by atoms with Gasteiger partial charge in [-0.15, -0.1) is 0 Å². The third-order valence-electron chi connectivity index (χ3n) is 8.82. The van der Waals surface area contributed by atoms with Gasteiger partial charge in [0.05, 0.1) is 18.2 Å². The molecule has 0 saturated heterocycles. The van der Waals surface area contributed by atoms with Crippen LogP contribution in [0.5, 0.6) is 0 Å². The zero-order valence-electron chi connectivity index (χ0n) is 23.8. The maximum absolute atomic E-state index is 14.1. The number of esters is 1. The first-order chi connectivity index (χ1) is 20.2. The van der Waals surface area contributed by atoms with E-state index in [-0.39, 0.29) is 11.5 Å². The van der Waals surface area contributed by atoms with Crippen LogP contribution in [0.4, 0.5) is 14.9 Å². The molecule has 2 aromatic carbocycles. The summed E-state index contributed by atoms with van der Waals surface area (Å²) in [5.41, 5.74) is 4.05. The lowest BCUT2D eigenvalue weighted by Gasteiger charge is -2.59. The van der Waals surface area contributed by atoms with Crippen LogP contribution in [0.15, 0.2) is 71.4 Å². The Bertz CT molecular complexity index is 1620. The quantitative estimate of drug-likeness (QED) is 0.229. The molecule has 9 heteroatoms. The fourth-order valence-corrected chi connectivity index (χ4v) is 6.43. The van der Waals surface area contributed by atoms with Crippen molar-refractivity contribution in [1.29, 1.82) is 0 Å². The van der Waals surface area contributed by atoms with Gasteiger partial charge in [0.2, 0.25) is 0 Å². The van der Waals surface area contributed by atoms with E-state index in [1.54, 1.807) is 38.2 Å². The van der Waals surface area contributed by atoms with Gasteiger partial charge in [-0.05, 0) is 62.6 Å². The van der Waals surface area contributed by atoms with E-state index in [1.807, 2.05) is 36.4 Å². The van der Waals surface area contributed by atoms with Gasteiger partial charge in [-0.2, -0.15) is 0 Å². The number of pyridine rings is 1. The first-order valence-electron chi connectivity index (χ1n) is 14.1. The first kappa shape index (κ1) is 27.6. The molecule has 0 bridgehead atoms. The third kappa shape index (κ3) is 4.82. The molecule has 6 rings (SSSR count). The van der Waals surface area contributed by atoms with Crippen molar-refractivity contribution in [2.24, 2.45) is 5.41 Å². The maximum atomic E-state index is 14.1. The number of nitrogens with zero attached hydrogens (tertiary/aromatic N) is 2. The molecule has 1 amide bonds. The van der Waals surface area contributed by atoms with Crippen LogP contribution >= 0.6 is 0 Å². The minimum absolute atomic E-state index is 0.184. The number of ether oxygens (including phenoxy) is 2. The predicted molar refractivity (Wildman–Crippen MR) is 154 cm³/mol. The van der Waals surface area contributed by atoms with E-state index in [2.05, 4.69) is 15.5 Å². The van der Waals surface area contributed by atoms with Gasteiger partial charge in [0.25, 0.3) is 0 Å². The van der Waals surface area contributed by atoms with Crippen molar-refractivity contribution in [2.45, 2.75) is 57.5 Å². The molecule has 42 heavy (non-hydrogen) atoms. The molecule has 8 nitrogen and oxygen atoms in total. The summed E-state index contributed by atoms with van der Waals surface area (Å²) in [6.45, 7) is 3.31. The molecular weight excluding hydrogens is 537 g/mol. The molecule has 1 atom stereocenters. The Hall–Kier alpha value is -4.53. The van der Waals surface area contributed by atoms with Crippen LogP contribution in [0.1, 0.15) is 62.0 Å². The van der Waals surface area contributed by atoms with Crippen LogP contribution in [-0.2, 0) is 19.7 Å². The Morgan fingerprint density at radius 2 is 1.74 bits per heavy atom. The zero-order chi connectivity index (χ0) is 29.5. The largest absolute Gasteiger partial charge is 0.468 e. The average molecular weight is 570 g/mol. The number of anilines is 1. The topological polar surface area (TPSA) is 104 Å². The normalized spacial score (nSPS) is 17.0. The summed E-state index contributed by atoms with van der Waals surface area (Å²) in [6.07, 6.45) is 5.49. The van der Waals surface area contributed by atoms with E-state index in [0.717, 1.165) is 29.7 Å². The fourth-order valence-electron chi connectivity index (χ4n) is 6.43. The Morgan fingerprint density at radius 3 is 2.36 bits per heavy atom. The Labute approximate surface area is 243 Å². The number of halogens is 1. The summed E-state index contributed by atoms with van der Waals surface area (Å²) in [6, 6.07) is 17.6. The molecule has 0 aliphatic heterocycles. The van der Waals surface area contributed by atoms with Crippen molar-refractivity contribution in [2.75, 3.05) is 12.4 Å². The van der Waals surface area contributed by atoms with E-state index >= 15 is 0 Å². The number of methoxy groups -OCH3 is 1. The minimum atomic E-state index is -0.792. The SMILES string of the molecule is COC(=O)C1(c2ccc(-c3ccc(-c4onc(C)c4NC(=O)OC(C)c4ccccc4F)cc3)nc2)CC2(CCC2)C1. The lowest BCUT2D eigenvalue weighted by Crippen LogP contribution is -2.57. The molecule has 4 aromatic rings. The van der Waals surface area contributed by atoms with Gasteiger partial charge in [-0.1, -0.05) is 60.1 Å². The third-order valence-corrected chi connectivity index (χ3v) is 8.82. The number of aryl methyl sites for hydroxylation is 1. The second-order valence-electron chi connectivity index (χ2n) is 11.5. The molecule has 1 N–H and O–H groups in total. The molecule has 2 aliphatic carbocycles. The number of carbonyl (C=O) groups is 2. The molecule has 1 unspecified atom stereocenters. The smallest absolute Gasteiger partial charge is 0.412 e. The molecule has 0 radical (unpaired) electrons. The summed E-state index contributed by atoms with van der Waals surface area (Å²) < 4.78 is 30.2. The van der Waals surface area contributed by atoms with E-state index in [1.165, 1.54) is 32.4 Å². The Morgan fingerprint density at radius 1 is 1.02 bits per heavy atom. The highest BCUT2D eigenvalue weighted by atomic mass is 19.1. The van der Waals surface area contributed by atoms with Crippen molar-refractivity contribution in [1.82, 2.24) is 10.1 Å². The second kappa shape index (κ2) is 10.7. The van der Waals surface area contributed by atoms with Gasteiger partial charge < -0.3 is 14.0 Å². The predicted octanol–water partition coefficient (Wildman–Crippen LogP) is 7.54. The van der Waals surface area contributed by atoms with Crippen LogP contribution in [-0.4, -0.2) is 29.3 Å². The van der Waals surface area contributed by atoms with E-state index in [9.17, 15) is 14.0 Å². The molecule has 2 heterocycles. The van der Waals surface area contributed by atoms with Crippen molar-refractivity contribution >= 4 is 17.7 Å². The lowest BCUT2D eigenvalue weighted by molar-refractivity contribution is -0.163. The molecule has 1 spiro atoms. The van der Waals surface area contributed by atoms with Crippen molar-refractivity contribution in [3.8, 4) is 22.6 Å². The van der Waals surface area contributed by atoms with E-state index < -0.39 is 23.4 Å². The monoisotopic (exact) mass is 569 g/mol. The fraction of sp³-hybridized carbons (Fsp3) is 0.333. The Balaban J connectivity index is 1.16. The number of rotatable bonds is 7. The molecule has 2 saturated carbocycles. The highest BCUT2D eigenvalue weighted by molar-refractivity contribution is 5.91. The number of benzene rings is 2. The summed E-state index contributed by atoms with van der Waals surface area (Å²) in [5.74, 6) is -0.263. The maximum Gasteiger partial charge on any atom is 0.412 e. The minimum Gasteiger partial charge on any atom is -0.468 e. The van der Waals surface area contributed by atoms with Gasteiger partial charge in [0, 0.05) is 22.9 Å². The van der Waals surface area contributed by atoms with Crippen LogP contribution in [0.25, 0.3) is 22.6 Å². The van der Waals surface area contributed by atoms with E-state index in [4.69, 9.17) is 14.0 Å². The van der Waals surface area contributed by atoms with E-state index in [0.29, 0.717) is 28.1 Å². The van der Waals surface area contributed by atoms with Gasteiger partial charge in [-0.25, -0.2) is 9.18 Å². The van der Waals surface area contributed by atoms with Crippen molar-refractivity contribution in [3.05, 3.63) is 89.5 Å². The zero-order valence-corrected chi connectivity index (χ0v) is 23.8. The van der Waals surface area contributed by atoms with Crippen LogP contribution in [0, 0.1) is 18.2 Å². The molecule has 2 aliphatic rings. The number of amides is 1. The van der Waals surface area contributed by atoms with Crippen LogP contribution in [0.3, 0.4) is 0 Å². The van der Waals surface area contributed by atoms with Gasteiger partial charge >= 0.3 is 12.1 Å². The van der Waals surface area contributed by atoms with Gasteiger partial charge in [-0.3, -0.25) is 15.1 Å². The highest BCUT2D eigenvalue weighted by Gasteiger charge is 2.62. The first-order valence-corrected chi connectivity index (χ1v) is 14.1. The van der Waals surface area contributed by atoms with Crippen LogP contribution in [0.2, 0.25) is 0 Å².